The zero-order valence-electron chi connectivity index (χ0n) is 15.4. The first-order valence-corrected chi connectivity index (χ1v) is 8.78. The Morgan fingerprint density at radius 3 is 2.21 bits per heavy atom. The van der Waals surface area contributed by atoms with Crippen LogP contribution in [0.5, 0.6) is 0 Å². The van der Waals surface area contributed by atoms with Gasteiger partial charge in [0.1, 0.15) is 5.69 Å². The molecule has 1 N–H and O–H groups in total. The molecule has 6 nitrogen and oxygen atoms in total. The molecule has 3 aromatic rings. The van der Waals surface area contributed by atoms with Crippen LogP contribution in [0.1, 0.15) is 16.1 Å². The molecular formula is C22H20N2O4. The van der Waals surface area contributed by atoms with E-state index < -0.39 is 24.4 Å². The number of nitrogens with zero attached hydrogens (tertiary/aromatic N) is 1. The van der Waals surface area contributed by atoms with Gasteiger partial charge in [-0.2, -0.15) is 0 Å². The van der Waals surface area contributed by atoms with Gasteiger partial charge in [-0.05, 0) is 28.8 Å². The summed E-state index contributed by atoms with van der Waals surface area (Å²) in [6, 6.07) is 20.8. The lowest BCUT2D eigenvalue weighted by atomic mass is 10.0. The summed E-state index contributed by atoms with van der Waals surface area (Å²) >= 11 is 0. The number of aryl methyl sites for hydroxylation is 1. The molecule has 0 bridgehead atoms. The fourth-order valence-electron chi connectivity index (χ4n) is 2.73. The van der Waals surface area contributed by atoms with E-state index >= 15 is 0 Å². The van der Waals surface area contributed by atoms with E-state index in [2.05, 4.69) is 5.32 Å². The van der Waals surface area contributed by atoms with E-state index in [0.29, 0.717) is 5.69 Å². The molecule has 6 heteroatoms. The SMILES string of the molecule is Cn1cccc1C(=O)NC(=O)COC(=O)Cc1ccc(-c2ccccc2)cc1. The third kappa shape index (κ3) is 4.94. The molecule has 0 radical (unpaired) electrons. The molecule has 0 saturated carbocycles. The molecule has 142 valence electrons. The van der Waals surface area contributed by atoms with Crippen LogP contribution in [0.3, 0.4) is 0 Å². The second kappa shape index (κ2) is 8.81. The van der Waals surface area contributed by atoms with Gasteiger partial charge < -0.3 is 9.30 Å². The highest BCUT2D eigenvalue weighted by atomic mass is 16.5. The molecule has 0 aliphatic carbocycles. The van der Waals surface area contributed by atoms with Crippen molar-refractivity contribution in [1.82, 2.24) is 9.88 Å². The molecule has 1 heterocycles. The van der Waals surface area contributed by atoms with Gasteiger partial charge in [-0.3, -0.25) is 19.7 Å². The Morgan fingerprint density at radius 2 is 1.57 bits per heavy atom. The fraction of sp³-hybridized carbons (Fsp3) is 0.136. The van der Waals surface area contributed by atoms with Crippen molar-refractivity contribution in [3.63, 3.8) is 0 Å². The molecule has 28 heavy (non-hydrogen) atoms. The topological polar surface area (TPSA) is 77.4 Å². The normalized spacial score (nSPS) is 10.3. The number of carbonyl (C=O) groups is 3. The highest BCUT2D eigenvalue weighted by Gasteiger charge is 2.14. The maximum atomic E-state index is 11.9. The van der Waals surface area contributed by atoms with Crippen molar-refractivity contribution >= 4 is 17.8 Å². The molecule has 0 aliphatic heterocycles. The Hall–Kier alpha value is -3.67. The van der Waals surface area contributed by atoms with Crippen molar-refractivity contribution in [3.8, 4) is 11.1 Å². The summed E-state index contributed by atoms with van der Waals surface area (Å²) in [5.41, 5.74) is 3.27. The number of rotatable bonds is 6. The summed E-state index contributed by atoms with van der Waals surface area (Å²) in [7, 11) is 1.70. The van der Waals surface area contributed by atoms with E-state index in [1.54, 1.807) is 29.9 Å². The number of ether oxygens (including phenoxy) is 1. The van der Waals surface area contributed by atoms with Crippen LogP contribution < -0.4 is 5.32 Å². The second-order valence-corrected chi connectivity index (χ2v) is 6.28. The van der Waals surface area contributed by atoms with E-state index in [9.17, 15) is 14.4 Å². The highest BCUT2D eigenvalue weighted by molar-refractivity contribution is 6.04. The van der Waals surface area contributed by atoms with E-state index in [4.69, 9.17) is 4.74 Å². The van der Waals surface area contributed by atoms with Gasteiger partial charge in [0.15, 0.2) is 6.61 Å². The Bertz CT molecular complexity index is 975. The minimum absolute atomic E-state index is 0.0497. The van der Waals surface area contributed by atoms with E-state index in [-0.39, 0.29) is 6.42 Å². The summed E-state index contributed by atoms with van der Waals surface area (Å²) in [5, 5.41) is 2.19. The Morgan fingerprint density at radius 1 is 0.893 bits per heavy atom. The molecule has 0 saturated heterocycles. The van der Waals surface area contributed by atoms with Crippen LogP contribution in [0.2, 0.25) is 0 Å². The average Bonchev–Trinajstić information content (AvgIpc) is 3.14. The first-order chi connectivity index (χ1) is 13.5. The summed E-state index contributed by atoms with van der Waals surface area (Å²) in [5.74, 6) is -1.74. The lowest BCUT2D eigenvalue weighted by Crippen LogP contribution is -2.35. The van der Waals surface area contributed by atoms with Gasteiger partial charge in [0.25, 0.3) is 11.8 Å². The van der Waals surface area contributed by atoms with Crippen LogP contribution in [0.25, 0.3) is 11.1 Å². The van der Waals surface area contributed by atoms with Gasteiger partial charge in [0.05, 0.1) is 6.42 Å². The van der Waals surface area contributed by atoms with Crippen molar-refractivity contribution in [3.05, 3.63) is 84.2 Å². The minimum Gasteiger partial charge on any atom is -0.455 e. The van der Waals surface area contributed by atoms with Crippen LogP contribution in [0.15, 0.2) is 72.9 Å². The zero-order chi connectivity index (χ0) is 19.9. The van der Waals surface area contributed by atoms with Gasteiger partial charge in [0.2, 0.25) is 0 Å². The van der Waals surface area contributed by atoms with Gasteiger partial charge >= 0.3 is 5.97 Å². The molecule has 0 spiro atoms. The number of esters is 1. The summed E-state index contributed by atoms with van der Waals surface area (Å²) in [6.07, 6.45) is 1.75. The summed E-state index contributed by atoms with van der Waals surface area (Å²) in [6.45, 7) is -0.503. The zero-order valence-corrected chi connectivity index (χ0v) is 15.4. The van der Waals surface area contributed by atoms with Crippen molar-refractivity contribution in [2.45, 2.75) is 6.42 Å². The standard InChI is InChI=1S/C22H20N2O4/c1-24-13-5-8-19(24)22(27)23-20(25)15-28-21(26)14-16-9-11-18(12-10-16)17-6-3-2-4-7-17/h2-13H,14-15H2,1H3,(H,23,25,27). The maximum Gasteiger partial charge on any atom is 0.310 e. The molecule has 3 rings (SSSR count). The quantitative estimate of drug-likeness (QED) is 0.671. The van der Waals surface area contributed by atoms with E-state index in [1.165, 1.54) is 0 Å². The largest absolute Gasteiger partial charge is 0.455 e. The molecule has 0 unspecified atom stereocenters. The van der Waals surface area contributed by atoms with Crippen LogP contribution >= 0.6 is 0 Å². The predicted molar refractivity (Wildman–Crippen MR) is 104 cm³/mol. The molecule has 0 atom stereocenters. The third-order valence-corrected chi connectivity index (χ3v) is 4.20. The Balaban J connectivity index is 1.47. The Labute approximate surface area is 162 Å². The van der Waals surface area contributed by atoms with Crippen molar-refractivity contribution in [2.75, 3.05) is 6.61 Å². The molecule has 2 amide bonds. The number of aromatic nitrogens is 1. The second-order valence-electron chi connectivity index (χ2n) is 6.28. The number of imide groups is 1. The van der Waals surface area contributed by atoms with Crippen molar-refractivity contribution in [2.24, 2.45) is 7.05 Å². The van der Waals surface area contributed by atoms with Crippen molar-refractivity contribution in [1.29, 1.82) is 0 Å². The maximum absolute atomic E-state index is 11.9. The number of hydrogen-bond acceptors (Lipinski definition) is 4. The van der Waals surface area contributed by atoms with Crippen LogP contribution in [-0.4, -0.2) is 29.0 Å². The smallest absolute Gasteiger partial charge is 0.310 e. The summed E-state index contributed by atoms with van der Waals surface area (Å²) < 4.78 is 6.55. The monoisotopic (exact) mass is 376 g/mol. The number of nitrogens with one attached hydrogen (secondary N) is 1. The highest BCUT2D eigenvalue weighted by Crippen LogP contribution is 2.19. The van der Waals surface area contributed by atoms with Gasteiger partial charge in [-0.25, -0.2) is 0 Å². The van der Waals surface area contributed by atoms with E-state index in [0.717, 1.165) is 16.7 Å². The fourth-order valence-corrected chi connectivity index (χ4v) is 2.73. The minimum atomic E-state index is -0.668. The molecule has 1 aromatic heterocycles. The first kappa shape index (κ1) is 19.1. The number of hydrogen-bond donors (Lipinski definition) is 1. The molecule has 0 fully saturated rings. The number of carbonyl (C=O) groups excluding carboxylic acids is 3. The van der Waals surface area contributed by atoms with Crippen LogP contribution in [0.4, 0.5) is 0 Å². The van der Waals surface area contributed by atoms with Gasteiger partial charge in [-0.1, -0.05) is 54.6 Å². The Kier molecular flexibility index (Phi) is 6.01. The predicted octanol–water partition coefficient (Wildman–Crippen LogP) is 2.73. The number of amides is 2. The van der Waals surface area contributed by atoms with Crippen LogP contribution in [0, 0.1) is 0 Å². The third-order valence-electron chi connectivity index (χ3n) is 4.20. The lowest BCUT2D eigenvalue weighted by Gasteiger charge is -2.07. The average molecular weight is 376 g/mol. The van der Waals surface area contributed by atoms with Gasteiger partial charge in [0, 0.05) is 13.2 Å². The van der Waals surface area contributed by atoms with Crippen molar-refractivity contribution < 1.29 is 19.1 Å². The summed E-state index contributed by atoms with van der Waals surface area (Å²) in [4.78, 5) is 35.7. The van der Waals surface area contributed by atoms with E-state index in [1.807, 2.05) is 54.6 Å². The molecular weight excluding hydrogens is 356 g/mol. The number of benzene rings is 2. The lowest BCUT2D eigenvalue weighted by molar-refractivity contribution is -0.147. The van der Waals surface area contributed by atoms with Crippen LogP contribution in [-0.2, 0) is 27.8 Å². The first-order valence-electron chi connectivity index (χ1n) is 8.78. The molecule has 2 aromatic carbocycles. The van der Waals surface area contributed by atoms with Gasteiger partial charge in [-0.15, -0.1) is 0 Å². The molecule has 0 aliphatic rings.